The third-order valence-electron chi connectivity index (χ3n) is 8.90. The zero-order chi connectivity index (χ0) is 29.2. The van der Waals surface area contributed by atoms with Crippen LogP contribution in [-0.4, -0.2) is 63.1 Å². The van der Waals surface area contributed by atoms with E-state index in [0.29, 0.717) is 23.8 Å². The number of ether oxygens (including phenoxy) is 1. The van der Waals surface area contributed by atoms with Crippen molar-refractivity contribution in [3.63, 3.8) is 0 Å². The summed E-state index contributed by atoms with van der Waals surface area (Å²) in [6.07, 6.45) is 10.1. The molecule has 1 spiro atoms. The second-order valence-corrected chi connectivity index (χ2v) is 13.6. The fraction of sp³-hybridized carbons (Fsp3) is 0.733. The number of ketones is 1. The Morgan fingerprint density at radius 1 is 1.12 bits per heavy atom. The number of carbonyl (C=O) groups is 2. The first-order valence-corrected chi connectivity index (χ1v) is 16.4. The van der Waals surface area contributed by atoms with Crippen molar-refractivity contribution in [3.05, 3.63) is 34.9 Å². The van der Waals surface area contributed by atoms with E-state index in [1.165, 1.54) is 24.8 Å². The second kappa shape index (κ2) is 16.0. The summed E-state index contributed by atoms with van der Waals surface area (Å²) in [7, 11) is 0. The van der Waals surface area contributed by atoms with Crippen LogP contribution < -0.4 is 15.4 Å². The van der Waals surface area contributed by atoms with E-state index < -0.39 is 36.3 Å². The molecule has 0 aromatic heterocycles. The van der Waals surface area contributed by atoms with Crippen LogP contribution in [0, 0.1) is 11.8 Å². The number of hydrogen-bond acceptors (Lipinski definition) is 9. The molecule has 11 heteroatoms. The van der Waals surface area contributed by atoms with Gasteiger partial charge in [-0.3, -0.25) is 14.9 Å². The van der Waals surface area contributed by atoms with Gasteiger partial charge in [-0.1, -0.05) is 87.0 Å². The monoisotopic (exact) mass is 611 g/mol. The molecule has 4 rings (SSSR count). The smallest absolute Gasteiger partial charge is 0.223 e. The highest BCUT2D eigenvalue weighted by molar-refractivity contribution is 7.98. The van der Waals surface area contributed by atoms with Crippen LogP contribution in [0.1, 0.15) is 89.0 Å². The van der Waals surface area contributed by atoms with Crippen LogP contribution in [-0.2, 0) is 20.9 Å². The van der Waals surface area contributed by atoms with Crippen molar-refractivity contribution in [3.8, 4) is 0 Å². The Labute approximate surface area is 252 Å². The lowest BCUT2D eigenvalue weighted by molar-refractivity contribution is -0.127. The molecular weight excluding hydrogens is 566 g/mol. The molecule has 1 aliphatic heterocycles. The number of amides is 1. The minimum Gasteiger partial charge on any atom is -0.389 e. The van der Waals surface area contributed by atoms with Gasteiger partial charge in [0.2, 0.25) is 12.3 Å². The average Bonchev–Trinajstić information content (AvgIpc) is 3.27. The van der Waals surface area contributed by atoms with Gasteiger partial charge in [0.05, 0.1) is 17.9 Å². The zero-order valence-corrected chi connectivity index (χ0v) is 25.3. The highest BCUT2D eigenvalue weighted by Crippen LogP contribution is 2.39. The molecule has 6 N–H and O–H groups in total. The van der Waals surface area contributed by atoms with E-state index in [1.54, 1.807) is 12.1 Å². The molecule has 1 aromatic rings. The molecule has 3 aliphatic rings. The number of benzene rings is 1. The van der Waals surface area contributed by atoms with Crippen LogP contribution in [0.15, 0.2) is 24.3 Å². The van der Waals surface area contributed by atoms with Gasteiger partial charge in [0.15, 0.2) is 5.78 Å². The molecule has 5 atom stereocenters. The van der Waals surface area contributed by atoms with Gasteiger partial charge in [0.25, 0.3) is 0 Å². The van der Waals surface area contributed by atoms with E-state index in [-0.39, 0.29) is 30.4 Å². The number of carbonyl (C=O) groups excluding carboxylic acids is 2. The molecule has 9 nitrogen and oxygen atoms in total. The summed E-state index contributed by atoms with van der Waals surface area (Å²) in [6.45, 7) is -0.514. The SMILES string of the molecule is O=C1NC2(CCCCC2)CC1CC(NC(O)[C@H](CC1CCCCC1)SNC(O)OCc1cccc(Cl)c1)C(=O)CO. The maximum atomic E-state index is 12.9. The first kappa shape index (κ1) is 32.7. The topological polar surface area (TPSA) is 140 Å². The Balaban J connectivity index is 1.36. The summed E-state index contributed by atoms with van der Waals surface area (Å²) < 4.78 is 8.42. The fourth-order valence-corrected chi connectivity index (χ4v) is 7.85. The van der Waals surface area contributed by atoms with Gasteiger partial charge in [-0.2, -0.15) is 0 Å². The van der Waals surface area contributed by atoms with Gasteiger partial charge in [0, 0.05) is 16.5 Å². The number of Topliss-reactive ketones (excluding diaryl/α,β-unsaturated/α-hetero) is 1. The lowest BCUT2D eigenvalue weighted by atomic mass is 9.78. The van der Waals surface area contributed by atoms with Crippen molar-refractivity contribution in [2.45, 2.75) is 120 Å². The maximum Gasteiger partial charge on any atom is 0.223 e. The van der Waals surface area contributed by atoms with Gasteiger partial charge in [-0.05, 0) is 55.7 Å². The minimum atomic E-state index is -1.29. The van der Waals surface area contributed by atoms with Crippen molar-refractivity contribution in [1.82, 2.24) is 15.4 Å². The molecule has 0 bridgehead atoms. The van der Waals surface area contributed by atoms with Crippen LogP contribution in [0.2, 0.25) is 5.02 Å². The molecule has 0 radical (unpaired) electrons. The largest absolute Gasteiger partial charge is 0.389 e. The summed E-state index contributed by atoms with van der Waals surface area (Å²) in [5.74, 6) is -0.421. The Kier molecular flexibility index (Phi) is 12.8. The molecule has 41 heavy (non-hydrogen) atoms. The van der Waals surface area contributed by atoms with Crippen LogP contribution >= 0.6 is 23.5 Å². The van der Waals surface area contributed by atoms with E-state index in [9.17, 15) is 24.9 Å². The molecular formula is C30H46ClN3O6S. The van der Waals surface area contributed by atoms with E-state index in [4.69, 9.17) is 16.3 Å². The minimum absolute atomic E-state index is 0.0475. The normalized spacial score (nSPS) is 24.1. The summed E-state index contributed by atoms with van der Waals surface area (Å²) in [4.78, 5) is 25.7. The molecule has 2 aliphatic carbocycles. The van der Waals surface area contributed by atoms with Gasteiger partial charge in [-0.15, -0.1) is 0 Å². The first-order valence-electron chi connectivity index (χ1n) is 15.1. The third kappa shape index (κ3) is 9.89. The Bertz CT molecular complexity index is 991. The van der Waals surface area contributed by atoms with Crippen molar-refractivity contribution < 1.29 is 29.6 Å². The summed E-state index contributed by atoms with van der Waals surface area (Å²) in [5, 5.41) is 37.9. The first-order chi connectivity index (χ1) is 19.8. The summed E-state index contributed by atoms with van der Waals surface area (Å²) >= 11 is 7.20. The van der Waals surface area contributed by atoms with Gasteiger partial charge < -0.3 is 25.4 Å². The van der Waals surface area contributed by atoms with Crippen LogP contribution in [0.3, 0.4) is 0 Å². The zero-order valence-electron chi connectivity index (χ0n) is 23.7. The number of rotatable bonds is 15. The van der Waals surface area contributed by atoms with Crippen LogP contribution in [0.25, 0.3) is 0 Å². The maximum absolute atomic E-state index is 12.9. The standard InChI is InChI=1S/C30H46ClN3O6S/c31-23-11-7-10-21(14-23)19-40-29(39)34-41-26(15-20-8-3-1-4-9-20)28(38)32-24(25(36)18-35)16-22-17-30(33-27(22)37)12-5-2-6-13-30/h7,10-11,14,20,22,24,26,28-29,32,34-35,38-39H,1-6,8-9,12-13,15-19H2,(H,33,37)/t22?,24?,26-,28?,29?/m0/s1. The molecule has 1 aromatic carbocycles. The average molecular weight is 612 g/mol. The van der Waals surface area contributed by atoms with E-state index in [2.05, 4.69) is 15.4 Å². The van der Waals surface area contributed by atoms with Gasteiger partial charge >= 0.3 is 0 Å². The Morgan fingerprint density at radius 3 is 2.56 bits per heavy atom. The predicted octanol–water partition coefficient (Wildman–Crippen LogP) is 3.78. The van der Waals surface area contributed by atoms with Crippen molar-refractivity contribution in [2.24, 2.45) is 11.8 Å². The predicted molar refractivity (Wildman–Crippen MR) is 160 cm³/mol. The molecule has 230 valence electrons. The second-order valence-electron chi connectivity index (χ2n) is 12.1. The third-order valence-corrected chi connectivity index (χ3v) is 10.2. The number of aliphatic hydroxyl groups is 3. The molecule has 4 unspecified atom stereocenters. The molecule has 2 saturated carbocycles. The van der Waals surface area contributed by atoms with Crippen LogP contribution in [0.4, 0.5) is 0 Å². The van der Waals surface area contributed by atoms with Crippen molar-refractivity contribution >= 4 is 35.2 Å². The lowest BCUT2D eigenvalue weighted by Crippen LogP contribution is -2.51. The van der Waals surface area contributed by atoms with Crippen LogP contribution in [0.5, 0.6) is 0 Å². The van der Waals surface area contributed by atoms with Crippen molar-refractivity contribution in [2.75, 3.05) is 6.61 Å². The summed E-state index contributed by atoms with van der Waals surface area (Å²) in [6, 6.07) is 6.33. The van der Waals surface area contributed by atoms with Gasteiger partial charge in [-0.25, -0.2) is 4.72 Å². The lowest BCUT2D eigenvalue weighted by Gasteiger charge is -2.33. The number of aliphatic hydroxyl groups excluding tert-OH is 3. The molecule has 3 fully saturated rings. The number of hydrogen-bond donors (Lipinski definition) is 6. The highest BCUT2D eigenvalue weighted by atomic mass is 35.5. The Hall–Kier alpha value is -1.24. The van der Waals surface area contributed by atoms with E-state index in [0.717, 1.165) is 56.9 Å². The number of halogens is 1. The van der Waals surface area contributed by atoms with E-state index in [1.807, 2.05) is 12.1 Å². The van der Waals surface area contributed by atoms with Crippen molar-refractivity contribution in [1.29, 1.82) is 0 Å². The fourth-order valence-electron chi connectivity index (χ4n) is 6.70. The highest BCUT2D eigenvalue weighted by Gasteiger charge is 2.45. The van der Waals surface area contributed by atoms with E-state index >= 15 is 0 Å². The number of nitrogens with one attached hydrogen (secondary N) is 3. The quantitative estimate of drug-likeness (QED) is 0.129. The molecule has 1 amide bonds. The Morgan fingerprint density at radius 2 is 1.85 bits per heavy atom. The molecule has 1 heterocycles. The molecule has 1 saturated heterocycles. The van der Waals surface area contributed by atoms with Gasteiger partial charge in [0.1, 0.15) is 12.8 Å². The summed E-state index contributed by atoms with van der Waals surface area (Å²) in [5.41, 5.74) is 0.635.